The number of carbonyl (C=O) groups excluding carboxylic acids is 1. The molecule has 2 rings (SSSR count). The maximum absolute atomic E-state index is 12.1. The van der Waals surface area contributed by atoms with Gasteiger partial charge in [-0.15, -0.1) is 0 Å². The molecule has 5 nitrogen and oxygen atoms in total. The molecule has 0 aromatic heterocycles. The number of carboxylic acids is 1. The van der Waals surface area contributed by atoms with E-state index in [0.29, 0.717) is 12.1 Å². The van der Waals surface area contributed by atoms with Gasteiger partial charge in [0.05, 0.1) is 0 Å². The molecule has 1 unspecified atom stereocenters. The van der Waals surface area contributed by atoms with E-state index >= 15 is 0 Å². The third kappa shape index (κ3) is 5.99. The molecule has 0 spiro atoms. The number of hydrogen-bond donors (Lipinski definition) is 3. The molecule has 1 amide bonds. The lowest BCUT2D eigenvalue weighted by atomic mass is 10.0. The van der Waals surface area contributed by atoms with Gasteiger partial charge < -0.3 is 16.2 Å². The smallest absolute Gasteiger partial charge is 0.320 e. The number of hydrogen-bond acceptors (Lipinski definition) is 3. The lowest BCUT2D eigenvalue weighted by Gasteiger charge is -2.09. The van der Waals surface area contributed by atoms with Gasteiger partial charge in [0.1, 0.15) is 6.04 Å². The third-order valence-corrected chi connectivity index (χ3v) is 4.63. The zero-order chi connectivity index (χ0) is 18.2. The Kier molecular flexibility index (Phi) is 7.16. The van der Waals surface area contributed by atoms with Crippen molar-refractivity contribution in [3.8, 4) is 0 Å². The van der Waals surface area contributed by atoms with Crippen LogP contribution in [-0.4, -0.2) is 29.6 Å². The van der Waals surface area contributed by atoms with Crippen molar-refractivity contribution in [2.45, 2.75) is 25.3 Å². The Morgan fingerprint density at radius 2 is 1.80 bits per heavy atom. The van der Waals surface area contributed by atoms with E-state index in [0.717, 1.165) is 22.9 Å². The molecule has 132 valence electrons. The summed E-state index contributed by atoms with van der Waals surface area (Å²) in [6.45, 7) is 0.589. The van der Waals surface area contributed by atoms with Gasteiger partial charge in [-0.2, -0.15) is 0 Å². The van der Waals surface area contributed by atoms with Gasteiger partial charge in [-0.3, -0.25) is 9.59 Å². The van der Waals surface area contributed by atoms with Crippen LogP contribution in [0.1, 0.15) is 27.9 Å². The van der Waals surface area contributed by atoms with E-state index < -0.39 is 12.0 Å². The maximum atomic E-state index is 12.1. The van der Waals surface area contributed by atoms with Crippen LogP contribution in [0, 0.1) is 0 Å². The SMILES string of the molecule is NC(Cc1ccc(C(=O)NCCCc2ccccc2Br)cc1)C(=O)O. The molecule has 0 aliphatic carbocycles. The molecule has 0 fully saturated rings. The van der Waals surface area contributed by atoms with Crippen LogP contribution in [0.15, 0.2) is 53.0 Å². The second-order valence-electron chi connectivity index (χ2n) is 5.80. The summed E-state index contributed by atoms with van der Waals surface area (Å²) in [6, 6.07) is 14.0. The van der Waals surface area contributed by atoms with Crippen molar-refractivity contribution in [3.05, 3.63) is 69.7 Å². The van der Waals surface area contributed by atoms with Gasteiger partial charge in [0.15, 0.2) is 0 Å². The topological polar surface area (TPSA) is 92.4 Å². The average Bonchev–Trinajstić information content (AvgIpc) is 2.60. The Morgan fingerprint density at radius 3 is 2.44 bits per heavy atom. The van der Waals surface area contributed by atoms with Gasteiger partial charge in [-0.1, -0.05) is 46.3 Å². The summed E-state index contributed by atoms with van der Waals surface area (Å²) in [5.74, 6) is -1.17. The van der Waals surface area contributed by atoms with Gasteiger partial charge in [0, 0.05) is 16.6 Å². The number of halogens is 1. The highest BCUT2D eigenvalue weighted by atomic mass is 79.9. The molecule has 0 saturated carbocycles. The number of carbonyl (C=O) groups is 2. The number of aryl methyl sites for hydroxylation is 1. The number of benzene rings is 2. The standard InChI is InChI=1S/C19H21BrN2O3/c20-16-6-2-1-4-14(16)5-3-11-22-18(23)15-9-7-13(8-10-15)12-17(21)19(24)25/h1-2,4,6-10,17H,3,5,11-12,21H2,(H,22,23)(H,24,25). The first kappa shape index (κ1) is 19.1. The van der Waals surface area contributed by atoms with Crippen LogP contribution in [0.3, 0.4) is 0 Å². The molecule has 0 aliphatic heterocycles. The first-order valence-electron chi connectivity index (χ1n) is 8.06. The van der Waals surface area contributed by atoms with Crippen LogP contribution >= 0.6 is 15.9 Å². The summed E-state index contributed by atoms with van der Waals surface area (Å²) in [5.41, 5.74) is 8.06. The van der Waals surface area contributed by atoms with E-state index in [-0.39, 0.29) is 12.3 Å². The maximum Gasteiger partial charge on any atom is 0.320 e. The lowest BCUT2D eigenvalue weighted by Crippen LogP contribution is -2.32. The van der Waals surface area contributed by atoms with E-state index in [9.17, 15) is 9.59 Å². The monoisotopic (exact) mass is 404 g/mol. The minimum absolute atomic E-state index is 0.138. The fourth-order valence-electron chi connectivity index (χ4n) is 2.42. The summed E-state index contributed by atoms with van der Waals surface area (Å²) in [4.78, 5) is 22.9. The van der Waals surface area contributed by atoms with Crippen molar-refractivity contribution in [1.29, 1.82) is 0 Å². The van der Waals surface area contributed by atoms with Crippen molar-refractivity contribution in [1.82, 2.24) is 5.32 Å². The predicted molar refractivity (Wildman–Crippen MR) is 101 cm³/mol. The molecule has 0 radical (unpaired) electrons. The van der Waals surface area contributed by atoms with Crippen LogP contribution in [0.25, 0.3) is 0 Å². The third-order valence-electron chi connectivity index (χ3n) is 3.86. The van der Waals surface area contributed by atoms with Crippen molar-refractivity contribution < 1.29 is 14.7 Å². The molecule has 0 heterocycles. The van der Waals surface area contributed by atoms with E-state index in [1.165, 1.54) is 5.56 Å². The zero-order valence-corrected chi connectivity index (χ0v) is 15.3. The van der Waals surface area contributed by atoms with Crippen LogP contribution in [0.4, 0.5) is 0 Å². The van der Waals surface area contributed by atoms with Gasteiger partial charge in [0.2, 0.25) is 0 Å². The molecular formula is C19H21BrN2O3. The number of rotatable bonds is 8. The average molecular weight is 405 g/mol. The molecule has 2 aromatic carbocycles. The zero-order valence-electron chi connectivity index (χ0n) is 13.7. The molecule has 0 bridgehead atoms. The van der Waals surface area contributed by atoms with Gasteiger partial charge in [0.25, 0.3) is 5.91 Å². The Bertz CT molecular complexity index is 732. The molecule has 2 aromatic rings. The summed E-state index contributed by atoms with van der Waals surface area (Å²) in [5, 5.41) is 11.7. The number of amides is 1. The fraction of sp³-hybridized carbons (Fsp3) is 0.263. The Labute approximate surface area is 155 Å². The molecule has 0 aliphatic rings. The summed E-state index contributed by atoms with van der Waals surface area (Å²) in [6.07, 6.45) is 1.97. The first-order valence-corrected chi connectivity index (χ1v) is 8.85. The van der Waals surface area contributed by atoms with Crippen molar-refractivity contribution in [3.63, 3.8) is 0 Å². The molecule has 0 saturated heterocycles. The molecular weight excluding hydrogens is 384 g/mol. The summed E-state index contributed by atoms with van der Waals surface area (Å²) >= 11 is 3.51. The Balaban J connectivity index is 1.79. The van der Waals surface area contributed by atoms with Crippen molar-refractivity contribution in [2.75, 3.05) is 6.54 Å². The molecule has 6 heteroatoms. The highest BCUT2D eigenvalue weighted by molar-refractivity contribution is 9.10. The second-order valence-corrected chi connectivity index (χ2v) is 6.65. The highest BCUT2D eigenvalue weighted by Crippen LogP contribution is 2.17. The minimum atomic E-state index is -1.04. The van der Waals surface area contributed by atoms with E-state index in [4.69, 9.17) is 10.8 Å². The van der Waals surface area contributed by atoms with Gasteiger partial charge >= 0.3 is 5.97 Å². The van der Waals surface area contributed by atoms with Crippen LogP contribution in [0.2, 0.25) is 0 Å². The Morgan fingerprint density at radius 1 is 1.12 bits per heavy atom. The first-order chi connectivity index (χ1) is 12.0. The minimum Gasteiger partial charge on any atom is -0.480 e. The quantitative estimate of drug-likeness (QED) is 0.589. The predicted octanol–water partition coefficient (Wildman–Crippen LogP) is 2.77. The number of nitrogens with two attached hydrogens (primary N) is 1. The molecule has 25 heavy (non-hydrogen) atoms. The van der Waals surface area contributed by atoms with Gasteiger partial charge in [-0.25, -0.2) is 0 Å². The van der Waals surface area contributed by atoms with Crippen molar-refractivity contribution >= 4 is 27.8 Å². The second kappa shape index (κ2) is 9.34. The molecule has 1 atom stereocenters. The highest BCUT2D eigenvalue weighted by Gasteiger charge is 2.12. The van der Waals surface area contributed by atoms with Crippen molar-refractivity contribution in [2.24, 2.45) is 5.73 Å². The number of nitrogens with one attached hydrogen (secondary N) is 1. The summed E-state index contributed by atoms with van der Waals surface area (Å²) < 4.78 is 1.08. The van der Waals surface area contributed by atoms with Crippen LogP contribution < -0.4 is 11.1 Å². The largest absolute Gasteiger partial charge is 0.480 e. The normalized spacial score (nSPS) is 11.8. The van der Waals surface area contributed by atoms with Crippen LogP contribution in [0.5, 0.6) is 0 Å². The fourth-order valence-corrected chi connectivity index (χ4v) is 2.90. The van der Waals surface area contributed by atoms with E-state index in [1.54, 1.807) is 24.3 Å². The summed E-state index contributed by atoms with van der Waals surface area (Å²) in [7, 11) is 0. The number of carboxylic acid groups (broad SMARTS) is 1. The lowest BCUT2D eigenvalue weighted by molar-refractivity contribution is -0.138. The number of aliphatic carboxylic acids is 1. The van der Waals surface area contributed by atoms with Crippen LogP contribution in [-0.2, 0) is 17.6 Å². The van der Waals surface area contributed by atoms with Gasteiger partial charge in [-0.05, 0) is 48.6 Å². The van der Waals surface area contributed by atoms with E-state index in [2.05, 4.69) is 27.3 Å². The Hall–Kier alpha value is -2.18. The van der Waals surface area contributed by atoms with E-state index in [1.807, 2.05) is 18.2 Å². The molecule has 4 N–H and O–H groups in total.